The van der Waals surface area contributed by atoms with Crippen molar-refractivity contribution in [3.8, 4) is 0 Å². The first-order valence-electron chi connectivity index (χ1n) is 6.26. The maximum absolute atomic E-state index is 13.1. The van der Waals surface area contributed by atoms with Gasteiger partial charge in [0, 0.05) is 0 Å². The highest BCUT2D eigenvalue weighted by atomic mass is 35.5. The van der Waals surface area contributed by atoms with Crippen LogP contribution in [0.5, 0.6) is 0 Å². The number of alkyl halides is 1. The van der Waals surface area contributed by atoms with Gasteiger partial charge in [-0.2, -0.15) is 0 Å². The lowest BCUT2D eigenvalue weighted by atomic mass is 9.85. The van der Waals surface area contributed by atoms with Gasteiger partial charge in [-0.05, 0) is 30.0 Å². The predicted octanol–water partition coefficient (Wildman–Crippen LogP) is 5.22. The van der Waals surface area contributed by atoms with Crippen LogP contribution < -0.4 is 0 Å². The molecule has 17 heavy (non-hydrogen) atoms. The molecule has 94 valence electrons. The first-order valence-corrected chi connectivity index (χ1v) is 6.69. The zero-order valence-corrected chi connectivity index (χ0v) is 10.5. The SMILES string of the molecule is Fc1ccc(C(Cl)CC2CCCCC2)cc1F. The quantitative estimate of drug-likeness (QED) is 0.653. The van der Waals surface area contributed by atoms with Gasteiger partial charge in [-0.3, -0.25) is 0 Å². The summed E-state index contributed by atoms with van der Waals surface area (Å²) in [6.45, 7) is 0. The summed E-state index contributed by atoms with van der Waals surface area (Å²) < 4.78 is 25.9. The first-order chi connectivity index (χ1) is 8.16. The van der Waals surface area contributed by atoms with Crippen LogP contribution in [0.2, 0.25) is 0 Å². The fourth-order valence-corrected chi connectivity index (χ4v) is 2.95. The number of rotatable bonds is 3. The van der Waals surface area contributed by atoms with Crippen molar-refractivity contribution in [2.45, 2.75) is 43.9 Å². The van der Waals surface area contributed by atoms with Crippen LogP contribution in [-0.4, -0.2) is 0 Å². The molecule has 1 saturated carbocycles. The molecule has 1 aliphatic rings. The molecule has 0 nitrogen and oxygen atoms in total. The van der Waals surface area contributed by atoms with Crippen molar-refractivity contribution < 1.29 is 8.78 Å². The summed E-state index contributed by atoms with van der Waals surface area (Å²) in [5.74, 6) is -0.980. The average molecular weight is 259 g/mol. The Morgan fingerprint density at radius 2 is 1.82 bits per heavy atom. The lowest BCUT2D eigenvalue weighted by molar-refractivity contribution is 0.336. The van der Waals surface area contributed by atoms with E-state index in [1.807, 2.05) is 0 Å². The van der Waals surface area contributed by atoms with E-state index in [-0.39, 0.29) is 5.38 Å². The second-order valence-electron chi connectivity index (χ2n) is 4.88. The maximum atomic E-state index is 13.1. The average Bonchev–Trinajstić information content (AvgIpc) is 2.34. The van der Waals surface area contributed by atoms with Crippen LogP contribution in [0.1, 0.15) is 49.5 Å². The van der Waals surface area contributed by atoms with Crippen LogP contribution in [0.25, 0.3) is 0 Å². The Kier molecular flexibility index (Phi) is 4.38. The monoisotopic (exact) mass is 258 g/mol. The summed E-state index contributed by atoms with van der Waals surface area (Å²) in [6, 6.07) is 3.95. The molecule has 0 N–H and O–H groups in total. The summed E-state index contributed by atoms with van der Waals surface area (Å²) >= 11 is 6.27. The normalized spacial score (nSPS) is 19.2. The molecule has 0 aromatic heterocycles. The van der Waals surface area contributed by atoms with Crippen LogP contribution in [0.3, 0.4) is 0 Å². The highest BCUT2D eigenvalue weighted by Gasteiger charge is 2.19. The molecule has 1 atom stereocenters. The second kappa shape index (κ2) is 5.81. The Morgan fingerprint density at radius 3 is 2.47 bits per heavy atom. The van der Waals surface area contributed by atoms with Gasteiger partial charge in [0.15, 0.2) is 11.6 Å². The van der Waals surface area contributed by atoms with Crippen LogP contribution in [0.15, 0.2) is 18.2 Å². The Hall–Kier alpha value is -0.630. The number of hydrogen-bond acceptors (Lipinski definition) is 0. The van der Waals surface area contributed by atoms with Crippen molar-refractivity contribution in [1.82, 2.24) is 0 Å². The molecule has 1 fully saturated rings. The third-order valence-electron chi connectivity index (χ3n) is 3.57. The van der Waals surface area contributed by atoms with Gasteiger partial charge in [-0.1, -0.05) is 38.2 Å². The Labute approximate surface area is 106 Å². The summed E-state index contributed by atoms with van der Waals surface area (Å²) in [6.07, 6.45) is 7.15. The molecule has 0 amide bonds. The highest BCUT2D eigenvalue weighted by Crippen LogP contribution is 2.35. The fourth-order valence-electron chi connectivity index (χ4n) is 2.56. The molecule has 1 aromatic carbocycles. The standard InChI is InChI=1S/C14H17ClF2/c15-12(8-10-4-2-1-3-5-10)11-6-7-13(16)14(17)9-11/h6-7,9-10,12H,1-5,8H2. The molecule has 0 spiro atoms. The van der Waals surface area contributed by atoms with Crippen LogP contribution in [0, 0.1) is 17.6 Å². The molecule has 0 bridgehead atoms. The maximum Gasteiger partial charge on any atom is 0.159 e. The minimum absolute atomic E-state index is 0.201. The molecule has 0 saturated heterocycles. The Morgan fingerprint density at radius 1 is 1.12 bits per heavy atom. The summed E-state index contributed by atoms with van der Waals surface area (Å²) in [7, 11) is 0. The van der Waals surface area contributed by atoms with Gasteiger partial charge < -0.3 is 0 Å². The minimum atomic E-state index is -0.810. The van der Waals surface area contributed by atoms with Crippen molar-refractivity contribution in [2.24, 2.45) is 5.92 Å². The van der Waals surface area contributed by atoms with E-state index >= 15 is 0 Å². The third-order valence-corrected chi connectivity index (χ3v) is 4.00. The van der Waals surface area contributed by atoms with E-state index in [4.69, 9.17) is 11.6 Å². The topological polar surface area (TPSA) is 0 Å². The lowest BCUT2D eigenvalue weighted by Crippen LogP contribution is -2.09. The van der Waals surface area contributed by atoms with Gasteiger partial charge in [-0.25, -0.2) is 8.78 Å². The molecule has 0 aliphatic heterocycles. The minimum Gasteiger partial charge on any atom is -0.204 e. The van der Waals surface area contributed by atoms with Crippen molar-refractivity contribution in [1.29, 1.82) is 0 Å². The van der Waals surface area contributed by atoms with Crippen LogP contribution in [0.4, 0.5) is 8.78 Å². The van der Waals surface area contributed by atoms with Gasteiger partial charge >= 0.3 is 0 Å². The van der Waals surface area contributed by atoms with E-state index in [0.717, 1.165) is 12.5 Å². The molecule has 1 unspecified atom stereocenters. The molecule has 0 heterocycles. The van der Waals surface area contributed by atoms with Crippen LogP contribution in [-0.2, 0) is 0 Å². The highest BCUT2D eigenvalue weighted by molar-refractivity contribution is 6.20. The fraction of sp³-hybridized carbons (Fsp3) is 0.571. The smallest absolute Gasteiger partial charge is 0.159 e. The van der Waals surface area contributed by atoms with Gasteiger partial charge in [0.05, 0.1) is 5.38 Å². The molecule has 1 aliphatic carbocycles. The molecule has 2 rings (SSSR count). The summed E-state index contributed by atoms with van der Waals surface area (Å²) in [4.78, 5) is 0. The van der Waals surface area contributed by atoms with Crippen LogP contribution >= 0.6 is 11.6 Å². The lowest BCUT2D eigenvalue weighted by Gasteiger charge is -2.23. The number of halogens is 3. The molecular formula is C14H17ClF2. The van der Waals surface area contributed by atoms with Gasteiger partial charge in [-0.15, -0.1) is 11.6 Å². The van der Waals surface area contributed by atoms with Crippen molar-refractivity contribution in [3.63, 3.8) is 0 Å². The third kappa shape index (κ3) is 3.41. The largest absolute Gasteiger partial charge is 0.204 e. The van der Waals surface area contributed by atoms with E-state index in [9.17, 15) is 8.78 Å². The van der Waals surface area contributed by atoms with Gasteiger partial charge in [0.25, 0.3) is 0 Å². The van der Waals surface area contributed by atoms with Gasteiger partial charge in [0.1, 0.15) is 0 Å². The number of hydrogen-bond donors (Lipinski definition) is 0. The van der Waals surface area contributed by atoms with Crippen molar-refractivity contribution >= 4 is 11.6 Å². The summed E-state index contributed by atoms with van der Waals surface area (Å²) in [5.41, 5.74) is 0.691. The zero-order chi connectivity index (χ0) is 12.3. The zero-order valence-electron chi connectivity index (χ0n) is 9.76. The van der Waals surface area contributed by atoms with E-state index in [0.29, 0.717) is 11.5 Å². The Bertz CT molecular complexity index is 372. The summed E-state index contributed by atoms with van der Waals surface area (Å²) in [5, 5.41) is -0.201. The van der Waals surface area contributed by atoms with E-state index in [1.54, 1.807) is 6.07 Å². The van der Waals surface area contributed by atoms with E-state index < -0.39 is 11.6 Å². The van der Waals surface area contributed by atoms with Crippen molar-refractivity contribution in [2.75, 3.05) is 0 Å². The molecule has 0 radical (unpaired) electrons. The molecular weight excluding hydrogens is 242 g/mol. The molecule has 3 heteroatoms. The van der Waals surface area contributed by atoms with Crippen molar-refractivity contribution in [3.05, 3.63) is 35.4 Å². The molecule has 1 aromatic rings. The number of benzene rings is 1. The van der Waals surface area contributed by atoms with E-state index in [2.05, 4.69) is 0 Å². The van der Waals surface area contributed by atoms with E-state index in [1.165, 1.54) is 38.2 Å². The Balaban J connectivity index is 1.98. The predicted molar refractivity (Wildman–Crippen MR) is 66.1 cm³/mol. The van der Waals surface area contributed by atoms with Gasteiger partial charge in [0.2, 0.25) is 0 Å². The second-order valence-corrected chi connectivity index (χ2v) is 5.41. The first kappa shape index (κ1) is 12.8.